The second-order valence-corrected chi connectivity index (χ2v) is 3.11. The molecule has 0 aliphatic rings. The molecule has 13 heavy (non-hydrogen) atoms. The standard InChI is InChI=1S/C9H12N4/c1-5-7-2-6(3-10)4-12-9(7)13-8(5)11/h2,4H,3,10-11H2,1H3,(H,12,13). The minimum atomic E-state index is 0.507. The third kappa shape index (κ3) is 1.15. The van der Waals surface area contributed by atoms with E-state index in [-0.39, 0.29) is 0 Å². The molecular formula is C9H12N4. The molecule has 5 N–H and O–H groups in total. The van der Waals surface area contributed by atoms with Crippen molar-refractivity contribution in [2.45, 2.75) is 13.5 Å². The van der Waals surface area contributed by atoms with Gasteiger partial charge in [-0.1, -0.05) is 0 Å². The monoisotopic (exact) mass is 176 g/mol. The Morgan fingerprint density at radius 1 is 1.54 bits per heavy atom. The predicted octanol–water partition coefficient (Wildman–Crippen LogP) is 0.912. The SMILES string of the molecule is Cc1c(N)[nH]c2ncc(CN)cc12. The number of aromatic nitrogens is 2. The van der Waals surface area contributed by atoms with Crippen molar-refractivity contribution < 1.29 is 0 Å². The highest BCUT2D eigenvalue weighted by atomic mass is 14.9. The molecule has 2 rings (SSSR count). The Morgan fingerprint density at radius 3 is 3.00 bits per heavy atom. The summed E-state index contributed by atoms with van der Waals surface area (Å²) in [5, 5.41) is 1.06. The first-order valence-electron chi connectivity index (χ1n) is 4.15. The summed E-state index contributed by atoms with van der Waals surface area (Å²) in [5.41, 5.74) is 14.1. The Bertz CT molecular complexity index is 444. The lowest BCUT2D eigenvalue weighted by Crippen LogP contribution is -1.96. The third-order valence-corrected chi connectivity index (χ3v) is 2.24. The van der Waals surface area contributed by atoms with Gasteiger partial charge < -0.3 is 16.5 Å². The molecule has 0 aliphatic carbocycles. The maximum absolute atomic E-state index is 5.72. The molecule has 0 unspecified atom stereocenters. The van der Waals surface area contributed by atoms with Crippen molar-refractivity contribution in [3.05, 3.63) is 23.4 Å². The number of H-pyrrole nitrogens is 1. The first kappa shape index (κ1) is 8.07. The van der Waals surface area contributed by atoms with Crippen LogP contribution < -0.4 is 11.5 Å². The van der Waals surface area contributed by atoms with E-state index in [9.17, 15) is 0 Å². The normalized spacial score (nSPS) is 10.9. The summed E-state index contributed by atoms with van der Waals surface area (Å²) in [6.07, 6.45) is 1.76. The fourth-order valence-corrected chi connectivity index (χ4v) is 1.37. The first-order valence-corrected chi connectivity index (χ1v) is 4.15. The van der Waals surface area contributed by atoms with E-state index in [1.807, 2.05) is 13.0 Å². The van der Waals surface area contributed by atoms with Crippen LogP contribution in [0.2, 0.25) is 0 Å². The average Bonchev–Trinajstić information content (AvgIpc) is 2.43. The molecule has 0 aromatic carbocycles. The van der Waals surface area contributed by atoms with E-state index in [4.69, 9.17) is 11.5 Å². The van der Waals surface area contributed by atoms with Crippen LogP contribution in [0.15, 0.2) is 12.3 Å². The lowest BCUT2D eigenvalue weighted by molar-refractivity contribution is 1.06. The van der Waals surface area contributed by atoms with Crippen LogP contribution in [0.1, 0.15) is 11.1 Å². The van der Waals surface area contributed by atoms with Crippen LogP contribution >= 0.6 is 0 Å². The highest BCUT2D eigenvalue weighted by Gasteiger charge is 2.05. The second-order valence-electron chi connectivity index (χ2n) is 3.11. The minimum absolute atomic E-state index is 0.507. The number of nitrogens with one attached hydrogen (secondary N) is 1. The highest BCUT2D eigenvalue weighted by molar-refractivity contribution is 5.85. The van der Waals surface area contributed by atoms with E-state index in [2.05, 4.69) is 9.97 Å². The van der Waals surface area contributed by atoms with Gasteiger partial charge in [0.1, 0.15) is 11.5 Å². The number of aryl methyl sites for hydroxylation is 1. The van der Waals surface area contributed by atoms with Gasteiger partial charge in [0.15, 0.2) is 0 Å². The van der Waals surface area contributed by atoms with Gasteiger partial charge in [-0.25, -0.2) is 4.98 Å². The maximum Gasteiger partial charge on any atom is 0.139 e. The fourth-order valence-electron chi connectivity index (χ4n) is 1.37. The lowest BCUT2D eigenvalue weighted by Gasteiger charge is -1.95. The Hall–Kier alpha value is -1.55. The zero-order valence-corrected chi connectivity index (χ0v) is 7.46. The molecule has 0 radical (unpaired) electrons. The molecule has 4 heteroatoms. The van der Waals surface area contributed by atoms with Crippen molar-refractivity contribution in [2.75, 3.05) is 5.73 Å². The summed E-state index contributed by atoms with van der Waals surface area (Å²) in [4.78, 5) is 7.22. The van der Waals surface area contributed by atoms with Crippen molar-refractivity contribution in [1.29, 1.82) is 0 Å². The van der Waals surface area contributed by atoms with Crippen molar-refractivity contribution in [3.63, 3.8) is 0 Å². The van der Waals surface area contributed by atoms with Crippen LogP contribution in [0.5, 0.6) is 0 Å². The van der Waals surface area contributed by atoms with Crippen LogP contribution in [0.25, 0.3) is 11.0 Å². The maximum atomic E-state index is 5.72. The van der Waals surface area contributed by atoms with Crippen molar-refractivity contribution in [2.24, 2.45) is 5.73 Å². The zero-order chi connectivity index (χ0) is 9.42. The quantitative estimate of drug-likeness (QED) is 0.604. The minimum Gasteiger partial charge on any atom is -0.385 e. The number of pyridine rings is 1. The van der Waals surface area contributed by atoms with Gasteiger partial charge in [-0.05, 0) is 18.6 Å². The largest absolute Gasteiger partial charge is 0.385 e. The molecule has 0 atom stereocenters. The van der Waals surface area contributed by atoms with Crippen molar-refractivity contribution >= 4 is 16.9 Å². The van der Waals surface area contributed by atoms with Crippen molar-refractivity contribution in [1.82, 2.24) is 9.97 Å². The van der Waals surface area contributed by atoms with Gasteiger partial charge in [0.25, 0.3) is 0 Å². The van der Waals surface area contributed by atoms with Gasteiger partial charge in [0.05, 0.1) is 0 Å². The van der Waals surface area contributed by atoms with Crippen molar-refractivity contribution in [3.8, 4) is 0 Å². The second kappa shape index (κ2) is 2.74. The Morgan fingerprint density at radius 2 is 2.31 bits per heavy atom. The van der Waals surface area contributed by atoms with E-state index in [1.165, 1.54) is 0 Å². The van der Waals surface area contributed by atoms with Gasteiger partial charge in [-0.3, -0.25) is 0 Å². The number of anilines is 1. The molecule has 0 aliphatic heterocycles. The third-order valence-electron chi connectivity index (χ3n) is 2.24. The number of hydrogen-bond donors (Lipinski definition) is 3. The Balaban J connectivity index is 2.75. The smallest absolute Gasteiger partial charge is 0.139 e. The number of rotatable bonds is 1. The number of hydrogen-bond acceptors (Lipinski definition) is 3. The topological polar surface area (TPSA) is 80.7 Å². The summed E-state index contributed by atoms with van der Waals surface area (Å²) in [5.74, 6) is 0.677. The van der Waals surface area contributed by atoms with Gasteiger partial charge in [0, 0.05) is 23.7 Å². The van der Waals surface area contributed by atoms with Crippen LogP contribution in [-0.4, -0.2) is 9.97 Å². The zero-order valence-electron chi connectivity index (χ0n) is 7.46. The fraction of sp³-hybridized carbons (Fsp3) is 0.222. The van der Waals surface area contributed by atoms with Gasteiger partial charge in [-0.2, -0.15) is 0 Å². The molecule has 0 bridgehead atoms. The summed E-state index contributed by atoms with van der Waals surface area (Å²) in [6.45, 7) is 2.48. The lowest BCUT2D eigenvalue weighted by atomic mass is 10.2. The van der Waals surface area contributed by atoms with E-state index < -0.39 is 0 Å². The molecule has 2 aromatic heterocycles. The van der Waals surface area contributed by atoms with Crippen LogP contribution in [0.3, 0.4) is 0 Å². The summed E-state index contributed by atoms with van der Waals surface area (Å²) in [6, 6.07) is 2.02. The molecule has 4 nitrogen and oxygen atoms in total. The molecule has 0 saturated heterocycles. The van der Waals surface area contributed by atoms with Crippen LogP contribution in [0, 0.1) is 6.92 Å². The summed E-state index contributed by atoms with van der Waals surface area (Å²) < 4.78 is 0. The molecule has 0 saturated carbocycles. The van der Waals surface area contributed by atoms with E-state index in [0.717, 1.165) is 22.2 Å². The molecule has 0 fully saturated rings. The number of nitrogens with two attached hydrogens (primary N) is 2. The number of aromatic amines is 1. The van der Waals surface area contributed by atoms with E-state index >= 15 is 0 Å². The highest BCUT2D eigenvalue weighted by Crippen LogP contribution is 2.21. The Kier molecular flexibility index (Phi) is 1.70. The number of nitrogen functional groups attached to an aromatic ring is 1. The molecule has 68 valence electrons. The molecule has 2 aromatic rings. The predicted molar refractivity (Wildman–Crippen MR) is 53.1 cm³/mol. The molecular weight excluding hydrogens is 164 g/mol. The van der Waals surface area contributed by atoms with E-state index in [0.29, 0.717) is 12.4 Å². The molecule has 2 heterocycles. The van der Waals surface area contributed by atoms with Gasteiger partial charge >= 0.3 is 0 Å². The number of fused-ring (bicyclic) bond motifs is 1. The van der Waals surface area contributed by atoms with Crippen LogP contribution in [-0.2, 0) is 6.54 Å². The average molecular weight is 176 g/mol. The Labute approximate surface area is 76.0 Å². The van der Waals surface area contributed by atoms with Gasteiger partial charge in [-0.15, -0.1) is 0 Å². The summed E-state index contributed by atoms with van der Waals surface area (Å²) >= 11 is 0. The van der Waals surface area contributed by atoms with E-state index in [1.54, 1.807) is 6.20 Å². The van der Waals surface area contributed by atoms with Gasteiger partial charge in [0.2, 0.25) is 0 Å². The number of nitrogens with zero attached hydrogens (tertiary/aromatic N) is 1. The molecule has 0 spiro atoms. The molecule has 0 amide bonds. The first-order chi connectivity index (χ1) is 6.22. The van der Waals surface area contributed by atoms with Crippen LogP contribution in [0.4, 0.5) is 5.82 Å². The summed E-state index contributed by atoms with van der Waals surface area (Å²) in [7, 11) is 0.